The van der Waals surface area contributed by atoms with E-state index in [1.165, 1.54) is 22.8 Å². The lowest BCUT2D eigenvalue weighted by atomic mass is 10.2. The molecule has 17 heavy (non-hydrogen) atoms. The van der Waals surface area contributed by atoms with E-state index in [-0.39, 0.29) is 24.0 Å². The lowest BCUT2D eigenvalue weighted by molar-refractivity contribution is 0.411. The fourth-order valence-corrected chi connectivity index (χ4v) is 4.62. The van der Waals surface area contributed by atoms with Crippen molar-refractivity contribution in [2.75, 3.05) is 37.6 Å². The van der Waals surface area contributed by atoms with Gasteiger partial charge in [-0.1, -0.05) is 6.07 Å². The van der Waals surface area contributed by atoms with Gasteiger partial charge in [-0.15, -0.1) is 47.5 Å². The molecule has 1 aromatic carbocycles. The largest absolute Gasteiger partial charge is 0.496 e. The van der Waals surface area contributed by atoms with Crippen LogP contribution >= 0.6 is 47.5 Å². The molecule has 1 fully saturated rings. The molecule has 1 aromatic rings. The van der Waals surface area contributed by atoms with Crippen LogP contribution in [0.1, 0.15) is 10.1 Å². The molecule has 0 bridgehead atoms. The van der Waals surface area contributed by atoms with E-state index in [0.29, 0.717) is 4.58 Å². The first-order valence-electron chi connectivity index (χ1n) is 5.31. The molecule has 0 saturated carbocycles. The Morgan fingerprint density at radius 2 is 1.88 bits per heavy atom. The monoisotopic (exact) mass is 383 g/mol. The Hall–Kier alpha value is 0.250. The Balaban J connectivity index is 0.00000144. The SMILES string of the molecule is COc1cc(N(C)C)ccc1C1SCCS1.I. The molecule has 0 atom stereocenters. The van der Waals surface area contributed by atoms with E-state index in [0.717, 1.165) is 5.75 Å². The second-order valence-electron chi connectivity index (χ2n) is 3.89. The van der Waals surface area contributed by atoms with Crippen molar-refractivity contribution < 1.29 is 4.74 Å². The van der Waals surface area contributed by atoms with Crippen molar-refractivity contribution in [2.45, 2.75) is 4.58 Å². The van der Waals surface area contributed by atoms with Crippen molar-refractivity contribution in [2.24, 2.45) is 0 Å². The fraction of sp³-hybridized carbons (Fsp3) is 0.500. The number of hydrogen-bond acceptors (Lipinski definition) is 4. The van der Waals surface area contributed by atoms with Gasteiger partial charge >= 0.3 is 0 Å². The van der Waals surface area contributed by atoms with Crippen molar-refractivity contribution in [3.8, 4) is 5.75 Å². The van der Waals surface area contributed by atoms with E-state index >= 15 is 0 Å². The molecular formula is C12H18INOS2. The lowest BCUT2D eigenvalue weighted by Gasteiger charge is -2.18. The predicted molar refractivity (Wildman–Crippen MR) is 90.4 cm³/mol. The van der Waals surface area contributed by atoms with Gasteiger partial charge in [-0.25, -0.2) is 0 Å². The summed E-state index contributed by atoms with van der Waals surface area (Å²) < 4.78 is 6.04. The number of rotatable bonds is 3. The van der Waals surface area contributed by atoms with Crippen LogP contribution in [0.5, 0.6) is 5.75 Å². The average molecular weight is 383 g/mol. The second-order valence-corrected chi connectivity index (χ2v) is 6.62. The topological polar surface area (TPSA) is 12.5 Å². The molecule has 0 N–H and O–H groups in total. The molecular weight excluding hydrogens is 365 g/mol. The van der Waals surface area contributed by atoms with Gasteiger partial charge in [0.05, 0.1) is 11.7 Å². The van der Waals surface area contributed by atoms with E-state index in [1.807, 2.05) is 37.6 Å². The van der Waals surface area contributed by atoms with Crippen LogP contribution in [0.3, 0.4) is 0 Å². The molecule has 1 aliphatic heterocycles. The molecule has 2 rings (SSSR count). The summed E-state index contributed by atoms with van der Waals surface area (Å²) in [5.74, 6) is 3.50. The van der Waals surface area contributed by atoms with E-state index in [9.17, 15) is 0 Å². The maximum absolute atomic E-state index is 5.50. The Morgan fingerprint density at radius 1 is 1.24 bits per heavy atom. The van der Waals surface area contributed by atoms with Crippen LogP contribution in [0.15, 0.2) is 18.2 Å². The van der Waals surface area contributed by atoms with Gasteiger partial charge in [0, 0.05) is 42.9 Å². The number of ether oxygens (including phenoxy) is 1. The van der Waals surface area contributed by atoms with Crippen molar-refractivity contribution in [3.63, 3.8) is 0 Å². The zero-order valence-electron chi connectivity index (χ0n) is 10.3. The van der Waals surface area contributed by atoms with Crippen LogP contribution < -0.4 is 9.64 Å². The van der Waals surface area contributed by atoms with Crippen LogP contribution in [0.4, 0.5) is 5.69 Å². The third-order valence-electron chi connectivity index (χ3n) is 2.61. The molecule has 0 aliphatic carbocycles. The van der Waals surface area contributed by atoms with Gasteiger partial charge in [0.25, 0.3) is 0 Å². The summed E-state index contributed by atoms with van der Waals surface area (Å²) in [4.78, 5) is 2.10. The highest BCUT2D eigenvalue weighted by molar-refractivity contribution is 14.0. The molecule has 2 nitrogen and oxygen atoms in total. The van der Waals surface area contributed by atoms with Gasteiger partial charge in [0.2, 0.25) is 0 Å². The summed E-state index contributed by atoms with van der Waals surface area (Å²) in [7, 11) is 5.85. The molecule has 0 amide bonds. The van der Waals surface area contributed by atoms with Crippen LogP contribution in [0.25, 0.3) is 0 Å². The Labute approximate surface area is 129 Å². The van der Waals surface area contributed by atoms with Crippen LogP contribution in [0, 0.1) is 0 Å². The molecule has 96 valence electrons. The van der Waals surface area contributed by atoms with Crippen molar-refractivity contribution in [1.29, 1.82) is 0 Å². The summed E-state index contributed by atoms with van der Waals surface area (Å²) in [6, 6.07) is 6.48. The molecule has 1 aliphatic rings. The number of anilines is 1. The summed E-state index contributed by atoms with van der Waals surface area (Å²) in [6.45, 7) is 0. The second kappa shape index (κ2) is 6.99. The number of nitrogens with zero attached hydrogens (tertiary/aromatic N) is 1. The average Bonchev–Trinajstić information content (AvgIpc) is 2.81. The van der Waals surface area contributed by atoms with Crippen molar-refractivity contribution in [3.05, 3.63) is 23.8 Å². The first-order valence-corrected chi connectivity index (χ1v) is 7.40. The quantitative estimate of drug-likeness (QED) is 0.735. The molecule has 0 radical (unpaired) electrons. The maximum atomic E-state index is 5.50. The van der Waals surface area contributed by atoms with Gasteiger partial charge in [0.1, 0.15) is 5.75 Å². The first-order chi connectivity index (χ1) is 7.72. The minimum atomic E-state index is 0. The molecule has 1 saturated heterocycles. The van der Waals surface area contributed by atoms with Crippen molar-refractivity contribution >= 4 is 53.2 Å². The van der Waals surface area contributed by atoms with Crippen molar-refractivity contribution in [1.82, 2.24) is 0 Å². The molecule has 0 spiro atoms. The Morgan fingerprint density at radius 3 is 2.41 bits per heavy atom. The van der Waals surface area contributed by atoms with E-state index in [2.05, 4.69) is 23.1 Å². The highest BCUT2D eigenvalue weighted by Crippen LogP contribution is 2.48. The smallest absolute Gasteiger partial charge is 0.126 e. The maximum Gasteiger partial charge on any atom is 0.126 e. The number of thioether (sulfide) groups is 2. The molecule has 0 aromatic heterocycles. The Kier molecular flexibility index (Phi) is 6.30. The number of halogens is 1. The highest BCUT2D eigenvalue weighted by Gasteiger charge is 2.21. The van der Waals surface area contributed by atoms with Gasteiger partial charge in [0.15, 0.2) is 0 Å². The van der Waals surface area contributed by atoms with Gasteiger partial charge in [-0.05, 0) is 6.07 Å². The Bertz CT molecular complexity index is 368. The molecule has 0 unspecified atom stereocenters. The van der Waals surface area contributed by atoms with Gasteiger partial charge in [-0.2, -0.15) is 0 Å². The summed E-state index contributed by atoms with van der Waals surface area (Å²) in [6.07, 6.45) is 0. The molecule has 1 heterocycles. The minimum Gasteiger partial charge on any atom is -0.496 e. The number of hydrogen-bond donors (Lipinski definition) is 0. The zero-order chi connectivity index (χ0) is 11.5. The van der Waals surface area contributed by atoms with Gasteiger partial charge < -0.3 is 9.64 Å². The lowest BCUT2D eigenvalue weighted by Crippen LogP contribution is -2.09. The van der Waals surface area contributed by atoms with Crippen LogP contribution in [-0.4, -0.2) is 32.7 Å². The number of benzene rings is 1. The third-order valence-corrected chi connectivity index (χ3v) is 5.68. The zero-order valence-corrected chi connectivity index (χ0v) is 14.3. The summed E-state index contributed by atoms with van der Waals surface area (Å²) >= 11 is 4.02. The third kappa shape index (κ3) is 3.61. The number of methoxy groups -OCH3 is 1. The highest BCUT2D eigenvalue weighted by atomic mass is 127. The summed E-state index contributed by atoms with van der Waals surface area (Å²) in [5.41, 5.74) is 2.51. The van der Waals surface area contributed by atoms with E-state index in [1.54, 1.807) is 7.11 Å². The van der Waals surface area contributed by atoms with E-state index in [4.69, 9.17) is 4.74 Å². The summed E-state index contributed by atoms with van der Waals surface area (Å²) in [5, 5.41) is 0. The fourth-order valence-electron chi connectivity index (χ4n) is 1.71. The van der Waals surface area contributed by atoms with Crippen LogP contribution in [-0.2, 0) is 0 Å². The first kappa shape index (κ1) is 15.3. The minimum absolute atomic E-state index is 0. The van der Waals surface area contributed by atoms with Gasteiger partial charge in [-0.3, -0.25) is 0 Å². The van der Waals surface area contributed by atoms with E-state index < -0.39 is 0 Å². The molecule has 5 heteroatoms. The standard InChI is InChI=1S/C12H17NOS2.HI/c1-13(2)9-4-5-10(11(8-9)14-3)12-15-6-7-16-12;/h4-5,8,12H,6-7H2,1-3H3;1H. The predicted octanol–water partition coefficient (Wildman–Crippen LogP) is 3.86. The van der Waals surface area contributed by atoms with Crippen LogP contribution in [0.2, 0.25) is 0 Å². The normalized spacial score (nSPS) is 15.5.